The molecule has 0 aliphatic heterocycles. The number of nitrogens with one attached hydrogen (secondary N) is 2. The predicted octanol–water partition coefficient (Wildman–Crippen LogP) is 5.40. The van der Waals surface area contributed by atoms with Crippen molar-refractivity contribution in [1.82, 2.24) is 0 Å². The molecule has 1 amide bonds. The van der Waals surface area contributed by atoms with Crippen LogP contribution in [0, 0.1) is 0 Å². The van der Waals surface area contributed by atoms with Gasteiger partial charge in [-0.25, -0.2) is 0 Å². The molecule has 0 saturated heterocycles. The number of carbonyl (C=O) groups excluding carboxylic acids is 2. The zero-order valence-corrected chi connectivity index (χ0v) is 17.8. The number of halogens is 1. The molecule has 0 spiro atoms. The number of carbonyl (C=O) groups is 2. The highest BCUT2D eigenvalue weighted by atomic mass is 35.5. The Morgan fingerprint density at radius 2 is 1.76 bits per heavy atom. The second kappa shape index (κ2) is 11.3. The minimum atomic E-state index is -0.416. The van der Waals surface area contributed by atoms with Crippen LogP contribution in [-0.4, -0.2) is 18.5 Å². The Hall–Kier alpha value is -2.73. The van der Waals surface area contributed by atoms with Gasteiger partial charge in [0.25, 0.3) is 0 Å². The summed E-state index contributed by atoms with van der Waals surface area (Å²) in [4.78, 5) is 22.7. The molecule has 2 aromatic rings. The SMILES string of the molecule is CCCCCOc1ccc(CNc2cc(OC(C)=O)ccc2NC(C)=O)c(Cl)c1. The molecular formula is C22H27ClN2O4. The maximum Gasteiger partial charge on any atom is 0.308 e. The lowest BCUT2D eigenvalue weighted by Gasteiger charge is -2.15. The molecule has 156 valence electrons. The van der Waals surface area contributed by atoms with E-state index in [1.165, 1.54) is 13.8 Å². The van der Waals surface area contributed by atoms with Crippen molar-refractivity contribution >= 4 is 34.9 Å². The third-order valence-electron chi connectivity index (χ3n) is 4.07. The molecule has 2 aromatic carbocycles. The van der Waals surface area contributed by atoms with Crippen molar-refractivity contribution in [3.05, 3.63) is 47.0 Å². The van der Waals surface area contributed by atoms with Gasteiger partial charge in [-0.1, -0.05) is 37.4 Å². The van der Waals surface area contributed by atoms with Crippen molar-refractivity contribution in [1.29, 1.82) is 0 Å². The highest BCUT2D eigenvalue weighted by molar-refractivity contribution is 6.31. The quantitative estimate of drug-likeness (QED) is 0.306. The van der Waals surface area contributed by atoms with Crippen LogP contribution in [0.2, 0.25) is 5.02 Å². The Kier molecular flexibility index (Phi) is 8.80. The van der Waals surface area contributed by atoms with Crippen LogP contribution in [0.25, 0.3) is 0 Å². The Morgan fingerprint density at radius 1 is 1.00 bits per heavy atom. The Bertz CT molecular complexity index is 855. The van der Waals surface area contributed by atoms with E-state index in [2.05, 4.69) is 17.6 Å². The highest BCUT2D eigenvalue weighted by Crippen LogP contribution is 2.29. The normalized spacial score (nSPS) is 10.3. The zero-order chi connectivity index (χ0) is 21.2. The molecule has 2 N–H and O–H groups in total. The topological polar surface area (TPSA) is 76.7 Å². The molecule has 0 bridgehead atoms. The third-order valence-corrected chi connectivity index (χ3v) is 4.43. The summed E-state index contributed by atoms with van der Waals surface area (Å²) in [5, 5.41) is 6.58. The van der Waals surface area contributed by atoms with Crippen LogP contribution in [0.1, 0.15) is 45.6 Å². The molecule has 0 aliphatic rings. The van der Waals surface area contributed by atoms with E-state index in [1.54, 1.807) is 24.3 Å². The first-order chi connectivity index (χ1) is 13.9. The lowest BCUT2D eigenvalue weighted by atomic mass is 10.2. The van der Waals surface area contributed by atoms with E-state index in [9.17, 15) is 9.59 Å². The number of anilines is 2. The second-order valence-electron chi connectivity index (χ2n) is 6.64. The van der Waals surface area contributed by atoms with Gasteiger partial charge in [-0.05, 0) is 36.2 Å². The van der Waals surface area contributed by atoms with Crippen molar-refractivity contribution in [2.24, 2.45) is 0 Å². The molecule has 7 heteroatoms. The maximum absolute atomic E-state index is 11.5. The fourth-order valence-corrected chi connectivity index (χ4v) is 2.93. The number of unbranched alkanes of at least 4 members (excludes halogenated alkanes) is 2. The van der Waals surface area contributed by atoms with Gasteiger partial charge in [0.1, 0.15) is 11.5 Å². The summed E-state index contributed by atoms with van der Waals surface area (Å²) in [5.74, 6) is 0.512. The van der Waals surface area contributed by atoms with E-state index >= 15 is 0 Å². The molecule has 0 atom stereocenters. The number of esters is 1. The molecule has 0 heterocycles. The van der Waals surface area contributed by atoms with Crippen LogP contribution < -0.4 is 20.1 Å². The van der Waals surface area contributed by atoms with Gasteiger partial charge in [0.05, 0.1) is 18.0 Å². The summed E-state index contributed by atoms with van der Waals surface area (Å²) in [6.45, 7) is 6.01. The minimum absolute atomic E-state index is 0.198. The van der Waals surface area contributed by atoms with Crippen molar-refractivity contribution in [3.8, 4) is 11.5 Å². The predicted molar refractivity (Wildman–Crippen MR) is 116 cm³/mol. The van der Waals surface area contributed by atoms with Crippen LogP contribution in [-0.2, 0) is 16.1 Å². The Balaban J connectivity index is 2.08. The fraction of sp³-hybridized carbons (Fsp3) is 0.364. The number of ether oxygens (including phenoxy) is 2. The number of rotatable bonds is 10. The summed E-state index contributed by atoms with van der Waals surface area (Å²) < 4.78 is 10.8. The van der Waals surface area contributed by atoms with Gasteiger partial charge in [0.2, 0.25) is 5.91 Å². The molecule has 29 heavy (non-hydrogen) atoms. The molecule has 0 unspecified atom stereocenters. The molecule has 0 fully saturated rings. The molecule has 0 radical (unpaired) electrons. The van der Waals surface area contributed by atoms with Gasteiger partial charge >= 0.3 is 5.97 Å². The fourth-order valence-electron chi connectivity index (χ4n) is 2.69. The molecule has 0 aliphatic carbocycles. The summed E-state index contributed by atoms with van der Waals surface area (Å²) in [6.07, 6.45) is 3.30. The van der Waals surface area contributed by atoms with Crippen molar-refractivity contribution < 1.29 is 19.1 Å². The van der Waals surface area contributed by atoms with E-state index in [1.807, 2.05) is 12.1 Å². The average Bonchev–Trinajstić information content (AvgIpc) is 2.65. The number of hydrogen-bond acceptors (Lipinski definition) is 5. The van der Waals surface area contributed by atoms with Gasteiger partial charge < -0.3 is 20.1 Å². The van der Waals surface area contributed by atoms with Crippen molar-refractivity contribution in [2.45, 2.75) is 46.6 Å². The monoisotopic (exact) mass is 418 g/mol. The summed E-state index contributed by atoms with van der Waals surface area (Å²) in [5.41, 5.74) is 2.08. The summed E-state index contributed by atoms with van der Waals surface area (Å²) in [6, 6.07) is 10.5. The van der Waals surface area contributed by atoms with E-state index in [-0.39, 0.29) is 5.91 Å². The Labute approximate surface area is 176 Å². The summed E-state index contributed by atoms with van der Waals surface area (Å²) in [7, 11) is 0. The van der Waals surface area contributed by atoms with Crippen LogP contribution >= 0.6 is 11.6 Å². The summed E-state index contributed by atoms with van der Waals surface area (Å²) >= 11 is 6.40. The first-order valence-electron chi connectivity index (χ1n) is 9.64. The van der Waals surface area contributed by atoms with E-state index < -0.39 is 5.97 Å². The van der Waals surface area contributed by atoms with Crippen molar-refractivity contribution in [2.75, 3.05) is 17.2 Å². The lowest BCUT2D eigenvalue weighted by Crippen LogP contribution is -2.10. The van der Waals surface area contributed by atoms with Gasteiger partial charge in [0.15, 0.2) is 0 Å². The zero-order valence-electron chi connectivity index (χ0n) is 17.0. The van der Waals surface area contributed by atoms with Crippen LogP contribution in [0.15, 0.2) is 36.4 Å². The van der Waals surface area contributed by atoms with Crippen LogP contribution in [0.4, 0.5) is 11.4 Å². The molecule has 0 saturated carbocycles. The van der Waals surface area contributed by atoms with Gasteiger partial charge in [-0.15, -0.1) is 0 Å². The minimum Gasteiger partial charge on any atom is -0.494 e. The largest absolute Gasteiger partial charge is 0.494 e. The van der Waals surface area contributed by atoms with Crippen molar-refractivity contribution in [3.63, 3.8) is 0 Å². The first kappa shape index (κ1) is 22.6. The Morgan fingerprint density at radius 3 is 2.41 bits per heavy atom. The van der Waals surface area contributed by atoms with Gasteiger partial charge in [-0.3, -0.25) is 9.59 Å². The smallest absolute Gasteiger partial charge is 0.308 e. The van der Waals surface area contributed by atoms with Gasteiger partial charge in [-0.2, -0.15) is 0 Å². The first-order valence-corrected chi connectivity index (χ1v) is 10.0. The lowest BCUT2D eigenvalue weighted by molar-refractivity contribution is -0.131. The molecule has 2 rings (SSSR count). The van der Waals surface area contributed by atoms with Gasteiger partial charge in [0, 0.05) is 31.5 Å². The molecule has 0 aromatic heterocycles. The third kappa shape index (κ3) is 7.66. The standard InChI is InChI=1S/C22H27ClN2O4/c1-4-5-6-11-28-18-8-7-17(20(23)12-18)14-24-22-13-19(29-16(3)27)9-10-21(22)25-15(2)26/h7-10,12-13,24H,4-6,11,14H2,1-3H3,(H,25,26). The number of benzene rings is 2. The highest BCUT2D eigenvalue weighted by Gasteiger charge is 2.09. The molecule has 6 nitrogen and oxygen atoms in total. The average molecular weight is 419 g/mol. The second-order valence-corrected chi connectivity index (χ2v) is 7.05. The van der Waals surface area contributed by atoms with E-state index in [0.717, 1.165) is 30.6 Å². The van der Waals surface area contributed by atoms with E-state index in [0.29, 0.717) is 35.3 Å². The molecular weight excluding hydrogens is 392 g/mol. The maximum atomic E-state index is 11.5. The van der Waals surface area contributed by atoms with Crippen LogP contribution in [0.5, 0.6) is 11.5 Å². The van der Waals surface area contributed by atoms with Crippen LogP contribution in [0.3, 0.4) is 0 Å². The number of hydrogen-bond donors (Lipinski definition) is 2. The van der Waals surface area contributed by atoms with E-state index in [4.69, 9.17) is 21.1 Å². The number of amides is 1.